The van der Waals surface area contributed by atoms with Gasteiger partial charge in [0.25, 0.3) is 0 Å². The molecule has 6 heteroatoms. The van der Waals surface area contributed by atoms with E-state index in [1.54, 1.807) is 0 Å². The Morgan fingerprint density at radius 1 is 1.12 bits per heavy atom. The number of esters is 2. The van der Waals surface area contributed by atoms with Crippen molar-refractivity contribution in [3.63, 3.8) is 0 Å². The van der Waals surface area contributed by atoms with Crippen molar-refractivity contribution in [3.05, 3.63) is 0 Å². The van der Waals surface area contributed by atoms with Gasteiger partial charge in [-0.2, -0.15) is 0 Å². The summed E-state index contributed by atoms with van der Waals surface area (Å²) in [5.74, 6) is -0.402. The molecule has 1 aliphatic heterocycles. The van der Waals surface area contributed by atoms with Gasteiger partial charge >= 0.3 is 11.9 Å². The summed E-state index contributed by atoms with van der Waals surface area (Å²) in [4.78, 5) is 21.6. The van der Waals surface area contributed by atoms with Crippen LogP contribution in [-0.4, -0.2) is 48.1 Å². The van der Waals surface area contributed by atoms with E-state index < -0.39 is 6.10 Å². The molecule has 0 amide bonds. The van der Waals surface area contributed by atoms with Crippen molar-refractivity contribution in [2.24, 2.45) is 0 Å². The van der Waals surface area contributed by atoms with Crippen LogP contribution in [0.5, 0.6) is 0 Å². The highest BCUT2D eigenvalue weighted by atomic mass is 16.6. The maximum atomic E-state index is 10.8. The maximum Gasteiger partial charge on any atom is 0.305 e. The normalized spacial score (nSPS) is 19.2. The predicted molar refractivity (Wildman–Crippen MR) is 59.2 cm³/mol. The maximum absolute atomic E-state index is 10.8. The van der Waals surface area contributed by atoms with Crippen LogP contribution in [0.1, 0.15) is 32.6 Å². The van der Waals surface area contributed by atoms with E-state index in [-0.39, 0.29) is 31.8 Å². The number of hydrogen-bond acceptors (Lipinski definition) is 6. The predicted octanol–water partition coefficient (Wildman–Crippen LogP) is 0.00630. The number of carbonyl (C=O) groups excluding carboxylic acids is 2. The lowest BCUT2D eigenvalue weighted by molar-refractivity contribution is -0.153. The summed E-state index contributed by atoms with van der Waals surface area (Å²) in [6.07, 6.45) is 1.66. The number of ether oxygens (including phenoxy) is 2. The van der Waals surface area contributed by atoms with Crippen molar-refractivity contribution in [1.82, 2.24) is 0 Å². The second-order valence-electron chi connectivity index (χ2n) is 3.68. The summed E-state index contributed by atoms with van der Waals surface area (Å²) >= 11 is 0. The van der Waals surface area contributed by atoms with Gasteiger partial charge in [-0.25, -0.2) is 0 Å². The van der Waals surface area contributed by atoms with Crippen molar-refractivity contribution in [3.8, 4) is 0 Å². The second kappa shape index (κ2) is 10.0. The zero-order valence-electron chi connectivity index (χ0n) is 10.1. The first kappa shape index (κ1) is 15.9. The van der Waals surface area contributed by atoms with E-state index in [2.05, 4.69) is 0 Å². The molecule has 0 spiro atoms. The molecular weight excluding hydrogens is 228 g/mol. The first-order valence-electron chi connectivity index (χ1n) is 5.66. The largest absolute Gasteiger partial charge is 0.462 e. The Kier molecular flexibility index (Phi) is 9.37. The molecule has 2 N–H and O–H groups in total. The Morgan fingerprint density at radius 2 is 1.47 bits per heavy atom. The van der Waals surface area contributed by atoms with Crippen molar-refractivity contribution in [1.29, 1.82) is 0 Å². The average molecular weight is 248 g/mol. The summed E-state index contributed by atoms with van der Waals surface area (Å²) in [7, 11) is 0. The highest BCUT2D eigenvalue weighted by Crippen LogP contribution is 2.04. The molecule has 1 heterocycles. The summed E-state index contributed by atoms with van der Waals surface area (Å²) in [6.45, 7) is 1.76. The molecule has 6 nitrogen and oxygen atoms in total. The molecule has 0 aliphatic carbocycles. The van der Waals surface area contributed by atoms with Crippen LogP contribution in [0.4, 0.5) is 0 Å². The fourth-order valence-corrected chi connectivity index (χ4v) is 0.994. The Hall–Kier alpha value is -1.14. The fourth-order valence-electron chi connectivity index (χ4n) is 0.994. The number of rotatable bonds is 1. The molecule has 1 fully saturated rings. The van der Waals surface area contributed by atoms with E-state index in [4.69, 9.17) is 19.7 Å². The molecule has 0 radical (unpaired) electrons. The Bertz CT molecular complexity index is 190. The van der Waals surface area contributed by atoms with Crippen molar-refractivity contribution in [2.75, 3.05) is 19.8 Å². The molecule has 0 saturated carbocycles. The Labute approximate surface area is 101 Å². The van der Waals surface area contributed by atoms with Gasteiger partial charge in [0.05, 0.1) is 12.7 Å². The molecule has 1 unspecified atom stereocenters. The number of aliphatic hydroxyl groups excluding tert-OH is 2. The lowest BCUT2D eigenvalue weighted by Crippen LogP contribution is -2.15. The minimum Gasteiger partial charge on any atom is -0.462 e. The highest BCUT2D eigenvalue weighted by molar-refractivity contribution is 5.71. The van der Waals surface area contributed by atoms with E-state index in [0.29, 0.717) is 25.7 Å². The van der Waals surface area contributed by atoms with Crippen molar-refractivity contribution >= 4 is 11.9 Å². The minimum atomic E-state index is -0.560. The molecule has 0 aromatic carbocycles. The Morgan fingerprint density at radius 3 is 1.76 bits per heavy atom. The first-order chi connectivity index (χ1) is 8.06. The van der Waals surface area contributed by atoms with Crippen LogP contribution in [0.25, 0.3) is 0 Å². The third-order valence-corrected chi connectivity index (χ3v) is 1.89. The van der Waals surface area contributed by atoms with Gasteiger partial charge in [0.15, 0.2) is 0 Å². The molecule has 0 aromatic heterocycles. The van der Waals surface area contributed by atoms with Crippen LogP contribution in [-0.2, 0) is 19.1 Å². The SMILES string of the molecule is CC(O)CO.O=C1CCCCC(=O)OCCO1. The van der Waals surface area contributed by atoms with Crippen molar-refractivity contribution < 1.29 is 29.3 Å². The molecule has 17 heavy (non-hydrogen) atoms. The van der Waals surface area contributed by atoms with Gasteiger partial charge < -0.3 is 19.7 Å². The van der Waals surface area contributed by atoms with Crippen LogP contribution < -0.4 is 0 Å². The fraction of sp³-hybridized carbons (Fsp3) is 0.818. The van der Waals surface area contributed by atoms with Crippen LogP contribution >= 0.6 is 0 Å². The number of aliphatic hydroxyl groups is 2. The number of hydrogen-bond donors (Lipinski definition) is 2. The van der Waals surface area contributed by atoms with Crippen LogP contribution in [0, 0.1) is 0 Å². The topological polar surface area (TPSA) is 93.1 Å². The molecule has 100 valence electrons. The van der Waals surface area contributed by atoms with Gasteiger partial charge in [0, 0.05) is 12.8 Å². The smallest absolute Gasteiger partial charge is 0.305 e. The van der Waals surface area contributed by atoms with E-state index in [9.17, 15) is 9.59 Å². The molecule has 0 aromatic rings. The zero-order valence-corrected chi connectivity index (χ0v) is 10.1. The second-order valence-corrected chi connectivity index (χ2v) is 3.68. The van der Waals surface area contributed by atoms with Gasteiger partial charge in [-0.1, -0.05) is 0 Å². The number of carbonyl (C=O) groups is 2. The van der Waals surface area contributed by atoms with Crippen LogP contribution in [0.3, 0.4) is 0 Å². The van der Waals surface area contributed by atoms with Crippen LogP contribution in [0.15, 0.2) is 0 Å². The summed E-state index contributed by atoms with van der Waals surface area (Å²) in [6, 6.07) is 0. The molecular formula is C11H20O6. The van der Waals surface area contributed by atoms with Gasteiger partial charge in [0.2, 0.25) is 0 Å². The summed E-state index contributed by atoms with van der Waals surface area (Å²) in [5, 5.41) is 16.0. The third-order valence-electron chi connectivity index (χ3n) is 1.89. The molecule has 1 atom stereocenters. The first-order valence-corrected chi connectivity index (χ1v) is 5.66. The van der Waals surface area contributed by atoms with E-state index in [0.717, 1.165) is 0 Å². The lowest BCUT2D eigenvalue weighted by atomic mass is 10.2. The third kappa shape index (κ3) is 11.1. The summed E-state index contributed by atoms with van der Waals surface area (Å²) in [5.41, 5.74) is 0. The van der Waals surface area contributed by atoms with E-state index >= 15 is 0 Å². The van der Waals surface area contributed by atoms with Gasteiger partial charge in [0.1, 0.15) is 13.2 Å². The number of cyclic esters (lactones) is 2. The Balaban J connectivity index is 0.000000437. The highest BCUT2D eigenvalue weighted by Gasteiger charge is 2.08. The van der Waals surface area contributed by atoms with Crippen molar-refractivity contribution in [2.45, 2.75) is 38.7 Å². The van der Waals surface area contributed by atoms with Gasteiger partial charge in [-0.3, -0.25) is 9.59 Å². The standard InChI is InChI=1S/C8H12O4.C3H8O2/c9-7-3-1-2-4-8(10)12-6-5-11-7;1-3(5)2-4/h1-6H2;3-5H,2H2,1H3. The van der Waals surface area contributed by atoms with Gasteiger partial charge in [-0.15, -0.1) is 0 Å². The lowest BCUT2D eigenvalue weighted by Gasteiger charge is -2.08. The monoisotopic (exact) mass is 248 g/mol. The molecule has 1 aliphatic rings. The minimum absolute atomic E-state index is 0.139. The zero-order chi connectivity index (χ0) is 13.1. The quantitative estimate of drug-likeness (QED) is 0.635. The molecule has 0 bridgehead atoms. The van der Waals surface area contributed by atoms with E-state index in [1.807, 2.05) is 0 Å². The van der Waals surface area contributed by atoms with Gasteiger partial charge in [-0.05, 0) is 19.8 Å². The van der Waals surface area contributed by atoms with E-state index in [1.165, 1.54) is 6.92 Å². The average Bonchev–Trinajstić information content (AvgIpc) is 2.31. The van der Waals surface area contributed by atoms with Crippen LogP contribution in [0.2, 0.25) is 0 Å². The molecule has 1 saturated heterocycles. The molecule has 1 rings (SSSR count). The summed E-state index contributed by atoms with van der Waals surface area (Å²) < 4.78 is 9.50.